The number of amides is 1. The van der Waals surface area contributed by atoms with Crippen molar-refractivity contribution >= 4 is 34.1 Å². The van der Waals surface area contributed by atoms with Crippen LogP contribution in [0.4, 0.5) is 5.69 Å². The van der Waals surface area contributed by atoms with Gasteiger partial charge in [-0.2, -0.15) is 0 Å². The predicted octanol–water partition coefficient (Wildman–Crippen LogP) is 3.72. The van der Waals surface area contributed by atoms with Crippen molar-refractivity contribution in [2.24, 2.45) is 0 Å². The van der Waals surface area contributed by atoms with Gasteiger partial charge in [-0.25, -0.2) is 0 Å². The number of nitrogens with one attached hydrogen (secondary N) is 2. The van der Waals surface area contributed by atoms with Crippen molar-refractivity contribution in [3.8, 4) is 0 Å². The topological polar surface area (TPSA) is 48.1 Å². The molecule has 1 unspecified atom stereocenters. The monoisotopic (exact) mass is 339 g/mol. The van der Waals surface area contributed by atoms with Crippen LogP contribution in [0.15, 0.2) is 54.7 Å². The Labute approximate surface area is 145 Å². The van der Waals surface area contributed by atoms with Gasteiger partial charge in [0.1, 0.15) is 0 Å². The Morgan fingerprint density at radius 1 is 1.17 bits per heavy atom. The van der Waals surface area contributed by atoms with Gasteiger partial charge in [0.05, 0.1) is 6.04 Å². The zero-order chi connectivity index (χ0) is 16.5. The molecule has 2 aromatic carbocycles. The van der Waals surface area contributed by atoms with E-state index in [1.54, 1.807) is 0 Å². The van der Waals surface area contributed by atoms with Gasteiger partial charge in [-0.05, 0) is 48.4 Å². The molecule has 4 rings (SSSR count). The van der Waals surface area contributed by atoms with E-state index >= 15 is 0 Å². The van der Waals surface area contributed by atoms with Crippen LogP contribution in [-0.2, 0) is 11.3 Å². The first-order valence-electron chi connectivity index (χ1n) is 8.08. The Morgan fingerprint density at radius 3 is 2.83 bits per heavy atom. The van der Waals surface area contributed by atoms with Crippen LogP contribution in [0.25, 0.3) is 10.9 Å². The highest BCUT2D eigenvalue weighted by molar-refractivity contribution is 6.30. The molecule has 4 nitrogen and oxygen atoms in total. The Balaban J connectivity index is 1.45. The molecule has 1 aromatic heterocycles. The van der Waals surface area contributed by atoms with Gasteiger partial charge in [0.15, 0.2) is 0 Å². The maximum Gasteiger partial charge on any atom is 0.244 e. The largest absolute Gasteiger partial charge is 0.361 e. The lowest BCUT2D eigenvalue weighted by molar-refractivity contribution is -0.118. The van der Waals surface area contributed by atoms with Crippen LogP contribution in [-0.4, -0.2) is 23.5 Å². The highest BCUT2D eigenvalue weighted by Crippen LogP contribution is 2.24. The normalized spacial score (nSPS) is 17.8. The fraction of sp³-hybridized carbons (Fsp3) is 0.211. The van der Waals surface area contributed by atoms with Crippen LogP contribution < -0.4 is 10.2 Å². The van der Waals surface area contributed by atoms with Crippen molar-refractivity contribution in [2.75, 3.05) is 11.4 Å². The molecule has 5 heteroatoms. The number of nitrogens with zero attached hydrogens (tertiary/aromatic N) is 1. The molecule has 2 N–H and O–H groups in total. The van der Waals surface area contributed by atoms with Crippen molar-refractivity contribution in [1.82, 2.24) is 10.3 Å². The lowest BCUT2D eigenvalue weighted by Crippen LogP contribution is -2.38. The van der Waals surface area contributed by atoms with Crippen LogP contribution in [0.3, 0.4) is 0 Å². The second-order valence-electron chi connectivity index (χ2n) is 6.04. The minimum absolute atomic E-state index is 0.124. The Kier molecular flexibility index (Phi) is 4.00. The number of fused-ring (bicyclic) bond motifs is 1. The number of hydrogen-bond donors (Lipinski definition) is 2. The van der Waals surface area contributed by atoms with E-state index in [-0.39, 0.29) is 11.9 Å². The third-order valence-electron chi connectivity index (χ3n) is 4.57. The van der Waals surface area contributed by atoms with Gasteiger partial charge < -0.3 is 15.2 Å². The molecular weight excluding hydrogens is 322 g/mol. The van der Waals surface area contributed by atoms with Crippen molar-refractivity contribution < 1.29 is 4.79 Å². The van der Waals surface area contributed by atoms with E-state index in [1.165, 1.54) is 10.9 Å². The highest BCUT2D eigenvalue weighted by Gasteiger charge is 2.32. The first-order valence-corrected chi connectivity index (χ1v) is 8.45. The molecule has 122 valence electrons. The summed E-state index contributed by atoms with van der Waals surface area (Å²) >= 11 is 5.92. The maximum atomic E-state index is 12.6. The van der Waals surface area contributed by atoms with E-state index in [0.717, 1.165) is 24.2 Å². The summed E-state index contributed by atoms with van der Waals surface area (Å²) < 4.78 is 0. The Morgan fingerprint density at radius 2 is 2.00 bits per heavy atom. The van der Waals surface area contributed by atoms with Crippen molar-refractivity contribution in [1.29, 1.82) is 0 Å². The van der Waals surface area contributed by atoms with Crippen LogP contribution >= 0.6 is 11.6 Å². The molecule has 0 saturated carbocycles. The van der Waals surface area contributed by atoms with E-state index in [1.807, 2.05) is 41.4 Å². The first kappa shape index (κ1) is 15.2. The number of carbonyl (C=O) groups excluding carboxylic acids is 1. The van der Waals surface area contributed by atoms with Gasteiger partial charge in [0, 0.05) is 40.9 Å². The summed E-state index contributed by atoms with van der Waals surface area (Å²) in [6.07, 6.45) is 2.75. The van der Waals surface area contributed by atoms with Gasteiger partial charge in [-0.15, -0.1) is 0 Å². The molecule has 2 heterocycles. The minimum Gasteiger partial charge on any atom is -0.361 e. The number of anilines is 1. The Bertz CT molecular complexity index is 872. The fourth-order valence-electron chi connectivity index (χ4n) is 3.28. The summed E-state index contributed by atoms with van der Waals surface area (Å²) in [7, 11) is 0. The number of aromatic amines is 1. The molecule has 1 fully saturated rings. The highest BCUT2D eigenvalue weighted by atomic mass is 35.5. The second kappa shape index (κ2) is 6.30. The molecule has 1 aliphatic rings. The van der Waals surface area contributed by atoms with Crippen LogP contribution in [0.5, 0.6) is 0 Å². The van der Waals surface area contributed by atoms with Crippen LogP contribution in [0.2, 0.25) is 5.02 Å². The van der Waals surface area contributed by atoms with E-state index in [2.05, 4.69) is 28.5 Å². The average Bonchev–Trinajstić information content (AvgIpc) is 3.21. The molecular formula is C19H18ClN3O. The van der Waals surface area contributed by atoms with Crippen molar-refractivity contribution in [2.45, 2.75) is 19.0 Å². The van der Waals surface area contributed by atoms with Crippen molar-refractivity contribution in [3.05, 3.63) is 65.3 Å². The summed E-state index contributed by atoms with van der Waals surface area (Å²) in [5, 5.41) is 5.29. The first-order chi connectivity index (χ1) is 11.7. The van der Waals surface area contributed by atoms with E-state index in [9.17, 15) is 4.79 Å². The molecule has 1 aliphatic heterocycles. The van der Waals surface area contributed by atoms with E-state index in [4.69, 9.17) is 11.6 Å². The maximum absolute atomic E-state index is 12.6. The molecule has 1 amide bonds. The fourth-order valence-corrected chi connectivity index (χ4v) is 3.41. The number of H-pyrrole nitrogens is 1. The number of hydrogen-bond acceptors (Lipinski definition) is 2. The third kappa shape index (κ3) is 2.79. The molecule has 0 aliphatic carbocycles. The van der Waals surface area contributed by atoms with Gasteiger partial charge in [0.25, 0.3) is 0 Å². The molecule has 0 radical (unpaired) electrons. The number of rotatable bonds is 4. The SMILES string of the molecule is O=C1C(NCc2cccc3[nH]ccc23)CCN1c1ccc(Cl)cc1. The zero-order valence-corrected chi connectivity index (χ0v) is 13.9. The molecule has 0 spiro atoms. The van der Waals surface area contributed by atoms with E-state index in [0.29, 0.717) is 11.6 Å². The summed E-state index contributed by atoms with van der Waals surface area (Å²) in [4.78, 5) is 17.7. The third-order valence-corrected chi connectivity index (χ3v) is 4.82. The number of aromatic nitrogens is 1. The van der Waals surface area contributed by atoms with Crippen LogP contribution in [0.1, 0.15) is 12.0 Å². The molecule has 1 atom stereocenters. The number of carbonyl (C=O) groups is 1. The summed E-state index contributed by atoms with van der Waals surface area (Å²) in [5.41, 5.74) is 3.22. The van der Waals surface area contributed by atoms with Crippen LogP contribution in [0, 0.1) is 0 Å². The van der Waals surface area contributed by atoms with E-state index < -0.39 is 0 Å². The number of halogens is 1. The lowest BCUT2D eigenvalue weighted by atomic mass is 10.1. The van der Waals surface area contributed by atoms with Gasteiger partial charge in [-0.1, -0.05) is 23.7 Å². The quantitative estimate of drug-likeness (QED) is 0.761. The minimum atomic E-state index is -0.144. The standard InChI is InChI=1S/C19H18ClN3O/c20-14-4-6-15(7-5-14)23-11-9-18(19(23)24)22-12-13-2-1-3-17-16(13)8-10-21-17/h1-8,10,18,21-22H,9,11-12H2. The molecule has 24 heavy (non-hydrogen) atoms. The summed E-state index contributed by atoms with van der Waals surface area (Å²) in [6.45, 7) is 1.41. The molecule has 0 bridgehead atoms. The summed E-state index contributed by atoms with van der Waals surface area (Å²) in [6, 6.07) is 15.5. The average molecular weight is 340 g/mol. The van der Waals surface area contributed by atoms with Crippen molar-refractivity contribution in [3.63, 3.8) is 0 Å². The summed E-state index contributed by atoms with van der Waals surface area (Å²) in [5.74, 6) is 0.124. The molecule has 3 aromatic rings. The van der Waals surface area contributed by atoms with Gasteiger partial charge in [-0.3, -0.25) is 4.79 Å². The van der Waals surface area contributed by atoms with Gasteiger partial charge >= 0.3 is 0 Å². The molecule has 1 saturated heterocycles. The smallest absolute Gasteiger partial charge is 0.244 e. The number of benzene rings is 2. The lowest BCUT2D eigenvalue weighted by Gasteiger charge is -2.17. The van der Waals surface area contributed by atoms with Gasteiger partial charge in [0.2, 0.25) is 5.91 Å². The second-order valence-corrected chi connectivity index (χ2v) is 6.48. The Hall–Kier alpha value is -2.30. The predicted molar refractivity (Wildman–Crippen MR) is 97.3 cm³/mol. The zero-order valence-electron chi connectivity index (χ0n) is 13.1.